The lowest BCUT2D eigenvalue weighted by Crippen LogP contribution is -2.47. The molecule has 0 aromatic rings. The summed E-state index contributed by atoms with van der Waals surface area (Å²) in [6.07, 6.45) is 6.25. The molecule has 2 rings (SSSR count). The molecule has 2 N–H and O–H groups in total. The maximum absolute atomic E-state index is 5.78. The number of ether oxygens (including phenoxy) is 1. The van der Waals surface area contributed by atoms with E-state index < -0.39 is 0 Å². The summed E-state index contributed by atoms with van der Waals surface area (Å²) in [5.74, 6) is 1.70. The lowest BCUT2D eigenvalue weighted by Gasteiger charge is -2.38. The van der Waals surface area contributed by atoms with Crippen LogP contribution in [-0.4, -0.2) is 43.3 Å². The zero-order valence-electron chi connectivity index (χ0n) is 11.4. The van der Waals surface area contributed by atoms with Gasteiger partial charge in [0.2, 0.25) is 0 Å². The molecule has 1 saturated heterocycles. The van der Waals surface area contributed by atoms with Crippen molar-refractivity contribution in [3.8, 4) is 0 Å². The maximum atomic E-state index is 5.78. The van der Waals surface area contributed by atoms with Crippen molar-refractivity contribution in [2.45, 2.75) is 51.7 Å². The highest BCUT2D eigenvalue weighted by atomic mass is 16.5. The molecule has 1 aliphatic carbocycles. The lowest BCUT2D eigenvalue weighted by molar-refractivity contribution is -0.0728. The molecule has 0 spiro atoms. The zero-order chi connectivity index (χ0) is 12.3. The molecule has 1 saturated carbocycles. The van der Waals surface area contributed by atoms with Gasteiger partial charge in [-0.1, -0.05) is 0 Å². The van der Waals surface area contributed by atoms with E-state index in [1.54, 1.807) is 0 Å². The molecule has 3 nitrogen and oxygen atoms in total. The quantitative estimate of drug-likeness (QED) is 0.818. The summed E-state index contributed by atoms with van der Waals surface area (Å²) >= 11 is 0. The minimum absolute atomic E-state index is 0.402. The third-order valence-electron chi connectivity index (χ3n) is 4.31. The minimum Gasteiger partial charge on any atom is -0.373 e. The molecule has 0 unspecified atom stereocenters. The summed E-state index contributed by atoms with van der Waals surface area (Å²) in [5.41, 5.74) is 5.74. The SMILES string of the molecule is C[C@@H]1CN(CC2CCC(CN)CC2)C[C@H](C)O1. The van der Waals surface area contributed by atoms with E-state index in [4.69, 9.17) is 10.5 Å². The monoisotopic (exact) mass is 240 g/mol. The van der Waals surface area contributed by atoms with E-state index in [0.717, 1.165) is 31.5 Å². The first-order valence-corrected chi connectivity index (χ1v) is 7.25. The number of hydrogen-bond acceptors (Lipinski definition) is 3. The van der Waals surface area contributed by atoms with Crippen LogP contribution in [-0.2, 0) is 4.74 Å². The van der Waals surface area contributed by atoms with Crippen molar-refractivity contribution < 1.29 is 4.74 Å². The van der Waals surface area contributed by atoms with Crippen LogP contribution in [0.1, 0.15) is 39.5 Å². The Labute approximate surface area is 106 Å². The van der Waals surface area contributed by atoms with Gasteiger partial charge in [0.05, 0.1) is 12.2 Å². The summed E-state index contributed by atoms with van der Waals surface area (Å²) in [6, 6.07) is 0. The number of morpholine rings is 1. The summed E-state index contributed by atoms with van der Waals surface area (Å²) in [5, 5.41) is 0. The Morgan fingerprint density at radius 2 is 1.53 bits per heavy atom. The molecular formula is C14H28N2O. The molecule has 2 fully saturated rings. The van der Waals surface area contributed by atoms with Crippen LogP contribution >= 0.6 is 0 Å². The highest BCUT2D eigenvalue weighted by Gasteiger charge is 2.26. The van der Waals surface area contributed by atoms with Crippen LogP contribution in [0.2, 0.25) is 0 Å². The van der Waals surface area contributed by atoms with Gasteiger partial charge >= 0.3 is 0 Å². The van der Waals surface area contributed by atoms with Crippen molar-refractivity contribution in [2.75, 3.05) is 26.2 Å². The van der Waals surface area contributed by atoms with E-state index in [-0.39, 0.29) is 0 Å². The Kier molecular flexibility index (Phi) is 4.83. The Morgan fingerprint density at radius 1 is 1.00 bits per heavy atom. The minimum atomic E-state index is 0.402. The van der Waals surface area contributed by atoms with Crippen LogP contribution in [0.15, 0.2) is 0 Å². The number of rotatable bonds is 3. The molecule has 0 aromatic heterocycles. The second-order valence-electron chi connectivity index (χ2n) is 6.10. The number of nitrogens with zero attached hydrogens (tertiary/aromatic N) is 1. The van der Waals surface area contributed by atoms with Crippen molar-refractivity contribution in [3.05, 3.63) is 0 Å². The summed E-state index contributed by atoms with van der Waals surface area (Å²) in [4.78, 5) is 2.60. The van der Waals surface area contributed by atoms with Crippen molar-refractivity contribution in [1.29, 1.82) is 0 Å². The summed E-state index contributed by atoms with van der Waals surface area (Å²) in [6.45, 7) is 8.76. The van der Waals surface area contributed by atoms with E-state index >= 15 is 0 Å². The van der Waals surface area contributed by atoms with Gasteiger partial charge in [0.15, 0.2) is 0 Å². The Balaban J connectivity index is 1.74. The molecule has 0 amide bonds. The van der Waals surface area contributed by atoms with E-state index in [2.05, 4.69) is 18.7 Å². The van der Waals surface area contributed by atoms with Gasteiger partial charge in [0.1, 0.15) is 0 Å². The largest absolute Gasteiger partial charge is 0.373 e. The lowest BCUT2D eigenvalue weighted by atomic mass is 9.82. The highest BCUT2D eigenvalue weighted by molar-refractivity contribution is 4.79. The molecule has 2 aliphatic rings. The molecule has 3 heteroatoms. The van der Waals surface area contributed by atoms with Gasteiger partial charge in [0.25, 0.3) is 0 Å². The summed E-state index contributed by atoms with van der Waals surface area (Å²) < 4.78 is 5.78. The molecule has 0 bridgehead atoms. The molecule has 17 heavy (non-hydrogen) atoms. The van der Waals surface area contributed by atoms with Gasteiger partial charge in [-0.15, -0.1) is 0 Å². The van der Waals surface area contributed by atoms with Crippen LogP contribution in [0.4, 0.5) is 0 Å². The van der Waals surface area contributed by atoms with Crippen LogP contribution in [0.25, 0.3) is 0 Å². The second-order valence-corrected chi connectivity index (χ2v) is 6.10. The highest BCUT2D eigenvalue weighted by Crippen LogP contribution is 2.29. The predicted molar refractivity (Wildman–Crippen MR) is 71.0 cm³/mol. The first-order chi connectivity index (χ1) is 8.17. The van der Waals surface area contributed by atoms with Crippen LogP contribution in [0.5, 0.6) is 0 Å². The van der Waals surface area contributed by atoms with E-state index in [1.165, 1.54) is 32.2 Å². The molecular weight excluding hydrogens is 212 g/mol. The standard InChI is InChI=1S/C14H28N2O/c1-11-8-16(9-12(2)17-11)10-14-5-3-13(7-15)4-6-14/h11-14H,3-10,15H2,1-2H3/t11-,12+,13?,14?. The number of hydrogen-bond donors (Lipinski definition) is 1. The second kappa shape index (κ2) is 6.17. The van der Waals surface area contributed by atoms with Crippen LogP contribution in [0, 0.1) is 11.8 Å². The smallest absolute Gasteiger partial charge is 0.0678 e. The fourth-order valence-corrected chi connectivity index (χ4v) is 3.45. The third-order valence-corrected chi connectivity index (χ3v) is 4.31. The third kappa shape index (κ3) is 3.94. The van der Waals surface area contributed by atoms with E-state index in [9.17, 15) is 0 Å². The average molecular weight is 240 g/mol. The predicted octanol–water partition coefficient (Wildman–Crippen LogP) is 1.86. The maximum Gasteiger partial charge on any atom is 0.0678 e. The topological polar surface area (TPSA) is 38.5 Å². The molecule has 0 aromatic carbocycles. The van der Waals surface area contributed by atoms with Gasteiger partial charge < -0.3 is 10.5 Å². The molecule has 0 radical (unpaired) electrons. The van der Waals surface area contributed by atoms with Gasteiger partial charge in [-0.05, 0) is 57.9 Å². The first-order valence-electron chi connectivity index (χ1n) is 7.25. The molecule has 1 aliphatic heterocycles. The van der Waals surface area contributed by atoms with Crippen LogP contribution in [0.3, 0.4) is 0 Å². The van der Waals surface area contributed by atoms with Gasteiger partial charge in [-0.2, -0.15) is 0 Å². The Hall–Kier alpha value is -0.120. The Bertz CT molecular complexity index is 216. The van der Waals surface area contributed by atoms with Crippen molar-refractivity contribution >= 4 is 0 Å². The van der Waals surface area contributed by atoms with Gasteiger partial charge in [-0.25, -0.2) is 0 Å². The van der Waals surface area contributed by atoms with Gasteiger partial charge in [0, 0.05) is 19.6 Å². The molecule has 100 valence electrons. The molecule has 1 heterocycles. The van der Waals surface area contributed by atoms with Crippen molar-refractivity contribution in [2.24, 2.45) is 17.6 Å². The van der Waals surface area contributed by atoms with Gasteiger partial charge in [-0.3, -0.25) is 4.90 Å². The van der Waals surface area contributed by atoms with Crippen molar-refractivity contribution in [3.63, 3.8) is 0 Å². The first kappa shape index (κ1) is 13.3. The van der Waals surface area contributed by atoms with E-state index in [1.807, 2.05) is 0 Å². The number of nitrogens with two attached hydrogens (primary N) is 1. The molecule has 2 atom stereocenters. The normalized spacial score (nSPS) is 40.4. The average Bonchev–Trinajstić information content (AvgIpc) is 2.28. The fraction of sp³-hybridized carbons (Fsp3) is 1.00. The fourth-order valence-electron chi connectivity index (χ4n) is 3.45. The summed E-state index contributed by atoms with van der Waals surface area (Å²) in [7, 11) is 0. The zero-order valence-corrected chi connectivity index (χ0v) is 11.4. The van der Waals surface area contributed by atoms with Crippen molar-refractivity contribution in [1.82, 2.24) is 4.90 Å². The Morgan fingerprint density at radius 3 is 2.06 bits per heavy atom. The van der Waals surface area contributed by atoms with Crippen LogP contribution < -0.4 is 5.73 Å². The van der Waals surface area contributed by atoms with E-state index in [0.29, 0.717) is 12.2 Å².